The molecule has 2 N–H and O–H groups in total. The van der Waals surface area contributed by atoms with Crippen molar-refractivity contribution in [2.45, 2.75) is 39.7 Å². The van der Waals surface area contributed by atoms with Crippen LogP contribution in [0.4, 0.5) is 0 Å². The van der Waals surface area contributed by atoms with Gasteiger partial charge in [-0.05, 0) is 24.6 Å². The Labute approximate surface area is 88.3 Å². The van der Waals surface area contributed by atoms with E-state index in [0.717, 1.165) is 18.8 Å². The fraction of sp³-hybridized carbons (Fsp3) is 0.778. The van der Waals surface area contributed by atoms with Crippen molar-refractivity contribution in [2.24, 2.45) is 5.92 Å². The molecule has 80 valence electrons. The van der Waals surface area contributed by atoms with Crippen LogP contribution in [0.5, 0.6) is 0 Å². The van der Waals surface area contributed by atoms with E-state index in [1.54, 1.807) is 4.57 Å². The van der Waals surface area contributed by atoms with E-state index in [4.69, 9.17) is 12.2 Å². The molecule has 0 radical (unpaired) electrons. The zero-order chi connectivity index (χ0) is 10.6. The number of aromatic nitrogens is 3. The molecule has 0 aliphatic rings. The summed E-state index contributed by atoms with van der Waals surface area (Å²) < 4.78 is 2.05. The predicted molar refractivity (Wildman–Crippen MR) is 58.9 cm³/mol. The van der Waals surface area contributed by atoms with Crippen molar-refractivity contribution in [3.8, 4) is 0 Å². The highest BCUT2D eigenvalue weighted by molar-refractivity contribution is 7.71. The molecule has 0 unspecified atom stereocenters. The molecule has 0 amide bonds. The molecule has 0 aliphatic heterocycles. The first kappa shape index (κ1) is 11.2. The summed E-state index contributed by atoms with van der Waals surface area (Å²) in [6, 6.07) is 0. The average molecular weight is 215 g/mol. The van der Waals surface area contributed by atoms with Gasteiger partial charge in [-0.15, -0.1) is 0 Å². The van der Waals surface area contributed by atoms with E-state index in [1.165, 1.54) is 6.42 Å². The van der Waals surface area contributed by atoms with E-state index in [1.807, 2.05) is 0 Å². The summed E-state index contributed by atoms with van der Waals surface area (Å²) in [7, 11) is 0. The van der Waals surface area contributed by atoms with Crippen LogP contribution in [0.3, 0.4) is 0 Å². The van der Waals surface area contributed by atoms with Crippen LogP contribution in [-0.2, 0) is 6.54 Å². The van der Waals surface area contributed by atoms with Crippen LogP contribution in [0.2, 0.25) is 0 Å². The van der Waals surface area contributed by atoms with Gasteiger partial charge in [0.05, 0.1) is 0 Å². The van der Waals surface area contributed by atoms with Gasteiger partial charge >= 0.3 is 5.69 Å². The lowest BCUT2D eigenvalue weighted by molar-refractivity contribution is 0.503. The Morgan fingerprint density at radius 1 is 1.36 bits per heavy atom. The van der Waals surface area contributed by atoms with E-state index < -0.39 is 0 Å². The quantitative estimate of drug-likeness (QED) is 0.583. The minimum atomic E-state index is -0.139. The SMILES string of the molecule is CC(C)CCCCn1c(=O)[nH][nH]c1=S. The topological polar surface area (TPSA) is 53.6 Å². The Morgan fingerprint density at radius 2 is 2.07 bits per heavy atom. The number of hydrogen-bond acceptors (Lipinski definition) is 2. The van der Waals surface area contributed by atoms with E-state index in [0.29, 0.717) is 11.3 Å². The van der Waals surface area contributed by atoms with E-state index in [-0.39, 0.29) is 5.69 Å². The zero-order valence-corrected chi connectivity index (χ0v) is 9.49. The number of unbranched alkanes of at least 4 members (excludes halogenated alkanes) is 1. The smallest absolute Gasteiger partial charge is 0.272 e. The molecular weight excluding hydrogens is 198 g/mol. The van der Waals surface area contributed by atoms with Crippen molar-refractivity contribution in [3.63, 3.8) is 0 Å². The molecule has 1 aromatic rings. The molecule has 1 rings (SSSR count). The molecule has 4 nitrogen and oxygen atoms in total. The van der Waals surface area contributed by atoms with Crippen molar-refractivity contribution in [2.75, 3.05) is 0 Å². The summed E-state index contributed by atoms with van der Waals surface area (Å²) in [4.78, 5) is 11.2. The highest BCUT2D eigenvalue weighted by atomic mass is 32.1. The van der Waals surface area contributed by atoms with Crippen LogP contribution < -0.4 is 5.69 Å². The second-order valence-electron chi connectivity index (χ2n) is 3.90. The highest BCUT2D eigenvalue weighted by Crippen LogP contribution is 2.06. The Bertz CT molecular complexity index is 346. The number of nitrogens with zero attached hydrogens (tertiary/aromatic N) is 1. The number of hydrogen-bond donors (Lipinski definition) is 2. The zero-order valence-electron chi connectivity index (χ0n) is 8.67. The normalized spacial score (nSPS) is 11.1. The fourth-order valence-corrected chi connectivity index (χ4v) is 1.58. The first-order valence-electron chi connectivity index (χ1n) is 4.98. The first-order valence-corrected chi connectivity index (χ1v) is 5.39. The molecule has 14 heavy (non-hydrogen) atoms. The Hall–Kier alpha value is -0.840. The Kier molecular flexibility index (Phi) is 4.13. The highest BCUT2D eigenvalue weighted by Gasteiger charge is 1.99. The largest absolute Gasteiger partial charge is 0.342 e. The van der Waals surface area contributed by atoms with Crippen molar-refractivity contribution >= 4 is 12.2 Å². The lowest BCUT2D eigenvalue weighted by Gasteiger charge is -2.03. The van der Waals surface area contributed by atoms with E-state index in [2.05, 4.69) is 24.0 Å². The average Bonchev–Trinajstić information content (AvgIpc) is 2.42. The number of H-pyrrole nitrogens is 2. The summed E-state index contributed by atoms with van der Waals surface area (Å²) >= 11 is 4.95. The Morgan fingerprint density at radius 3 is 2.57 bits per heavy atom. The molecule has 1 heterocycles. The molecule has 0 spiro atoms. The van der Waals surface area contributed by atoms with E-state index in [9.17, 15) is 4.79 Å². The van der Waals surface area contributed by atoms with Gasteiger partial charge in [0.25, 0.3) is 0 Å². The number of nitrogens with one attached hydrogen (secondary N) is 2. The lowest BCUT2D eigenvalue weighted by atomic mass is 10.1. The minimum absolute atomic E-state index is 0.139. The van der Waals surface area contributed by atoms with Crippen molar-refractivity contribution in [1.29, 1.82) is 0 Å². The molecule has 0 bridgehead atoms. The van der Waals surface area contributed by atoms with Crippen molar-refractivity contribution < 1.29 is 0 Å². The molecule has 0 saturated carbocycles. The molecule has 1 aromatic heterocycles. The maximum atomic E-state index is 11.2. The first-order chi connectivity index (χ1) is 6.61. The molecule has 0 aromatic carbocycles. The minimum Gasteiger partial charge on any atom is -0.272 e. The van der Waals surface area contributed by atoms with Gasteiger partial charge in [0.1, 0.15) is 0 Å². The molecule has 5 heteroatoms. The van der Waals surface area contributed by atoms with Crippen molar-refractivity contribution in [1.82, 2.24) is 14.8 Å². The third kappa shape index (κ3) is 3.14. The summed E-state index contributed by atoms with van der Waals surface area (Å²) in [5.74, 6) is 0.729. The van der Waals surface area contributed by atoms with Gasteiger partial charge in [-0.3, -0.25) is 9.67 Å². The third-order valence-corrected chi connectivity index (χ3v) is 2.50. The van der Waals surface area contributed by atoms with Gasteiger partial charge in [-0.25, -0.2) is 9.89 Å². The second kappa shape index (κ2) is 5.14. The molecule has 0 atom stereocenters. The maximum Gasteiger partial charge on any atom is 0.342 e. The van der Waals surface area contributed by atoms with Gasteiger partial charge in [0, 0.05) is 6.54 Å². The van der Waals surface area contributed by atoms with Crippen LogP contribution in [-0.4, -0.2) is 14.8 Å². The second-order valence-corrected chi connectivity index (χ2v) is 4.29. The number of aromatic amines is 2. The third-order valence-electron chi connectivity index (χ3n) is 2.18. The lowest BCUT2D eigenvalue weighted by Crippen LogP contribution is -2.17. The molecule has 0 fully saturated rings. The van der Waals surface area contributed by atoms with Gasteiger partial charge in [0.15, 0.2) is 4.77 Å². The van der Waals surface area contributed by atoms with Gasteiger partial charge in [-0.2, -0.15) is 0 Å². The number of rotatable bonds is 5. The van der Waals surface area contributed by atoms with E-state index >= 15 is 0 Å². The molecule has 0 saturated heterocycles. The fourth-order valence-electron chi connectivity index (χ4n) is 1.36. The van der Waals surface area contributed by atoms with Crippen LogP contribution >= 0.6 is 12.2 Å². The van der Waals surface area contributed by atoms with Crippen LogP contribution in [0.1, 0.15) is 33.1 Å². The van der Waals surface area contributed by atoms with Crippen molar-refractivity contribution in [3.05, 3.63) is 15.3 Å². The summed E-state index contributed by atoms with van der Waals surface area (Å²) in [5, 5.41) is 5.09. The molecular formula is C9H17N3OS. The maximum absolute atomic E-state index is 11.2. The monoisotopic (exact) mass is 215 g/mol. The summed E-state index contributed by atoms with van der Waals surface area (Å²) in [5.41, 5.74) is -0.139. The molecule has 0 aliphatic carbocycles. The van der Waals surface area contributed by atoms with Gasteiger partial charge < -0.3 is 0 Å². The van der Waals surface area contributed by atoms with Crippen LogP contribution in [0, 0.1) is 10.7 Å². The Balaban J connectivity index is 2.39. The van der Waals surface area contributed by atoms with Crippen LogP contribution in [0.25, 0.3) is 0 Å². The van der Waals surface area contributed by atoms with Crippen LogP contribution in [0.15, 0.2) is 4.79 Å². The van der Waals surface area contributed by atoms with Gasteiger partial charge in [-0.1, -0.05) is 26.7 Å². The standard InChI is InChI=1S/C9H17N3OS/c1-7(2)5-3-4-6-12-8(13)10-11-9(12)14/h7H,3-6H2,1-2H3,(H,10,13)(H,11,14). The van der Waals surface area contributed by atoms with Gasteiger partial charge in [0.2, 0.25) is 0 Å². The predicted octanol–water partition coefficient (Wildman–Crippen LogP) is 2.06. The summed E-state index contributed by atoms with van der Waals surface area (Å²) in [6.45, 7) is 5.12. The summed E-state index contributed by atoms with van der Waals surface area (Å²) in [6.07, 6.45) is 3.35.